The third kappa shape index (κ3) is 6.27. The minimum Gasteiger partial charge on any atom is -0.486 e. The zero-order valence-electron chi connectivity index (χ0n) is 17.0. The molecule has 0 aromatic heterocycles. The van der Waals surface area contributed by atoms with Crippen LogP contribution in [0.3, 0.4) is 0 Å². The number of benzene rings is 3. The lowest BCUT2D eigenvalue weighted by atomic mass is 10.1. The van der Waals surface area contributed by atoms with Crippen LogP contribution in [0.4, 0.5) is 11.4 Å². The molecule has 0 unspecified atom stereocenters. The highest BCUT2D eigenvalue weighted by Crippen LogP contribution is 2.36. The van der Waals surface area contributed by atoms with Crippen LogP contribution >= 0.6 is 50.7 Å². The molecule has 1 amide bonds. The molecule has 0 aliphatic heterocycles. The number of nitro groups is 1. The van der Waals surface area contributed by atoms with E-state index >= 15 is 0 Å². The summed E-state index contributed by atoms with van der Waals surface area (Å²) in [6.45, 7) is 0.187. The number of halogens is 4. The van der Waals surface area contributed by atoms with Gasteiger partial charge in [0.1, 0.15) is 23.3 Å². The number of hydrogen-bond acceptors (Lipinski definition) is 5. The van der Waals surface area contributed by atoms with Gasteiger partial charge in [-0.1, -0.05) is 53.0 Å². The molecule has 0 atom stereocenters. The molecular weight excluding hydrogens is 569 g/mol. The number of hydrogen-bond donors (Lipinski definition) is 1. The summed E-state index contributed by atoms with van der Waals surface area (Å²) < 4.78 is 6.30. The number of anilines is 1. The first kappa shape index (κ1) is 25.5. The van der Waals surface area contributed by atoms with Crippen LogP contribution in [0, 0.1) is 21.4 Å². The molecule has 0 heterocycles. The van der Waals surface area contributed by atoms with Crippen molar-refractivity contribution in [3.05, 3.63) is 101 Å². The Morgan fingerprint density at radius 2 is 1.85 bits per heavy atom. The van der Waals surface area contributed by atoms with Gasteiger partial charge < -0.3 is 10.1 Å². The van der Waals surface area contributed by atoms with E-state index in [2.05, 4.69) is 21.2 Å². The van der Waals surface area contributed by atoms with Crippen molar-refractivity contribution in [2.24, 2.45) is 0 Å². The summed E-state index contributed by atoms with van der Waals surface area (Å²) in [5.41, 5.74) is 0.734. The molecule has 34 heavy (non-hydrogen) atoms. The van der Waals surface area contributed by atoms with Gasteiger partial charge in [0.15, 0.2) is 5.75 Å². The number of nitro benzene ring substituents is 1. The second-order valence-corrected chi connectivity index (χ2v) is 8.82. The highest BCUT2D eigenvalue weighted by Gasteiger charge is 2.17. The van der Waals surface area contributed by atoms with Gasteiger partial charge in [-0.25, -0.2) is 0 Å². The molecule has 7 nitrogen and oxygen atoms in total. The van der Waals surface area contributed by atoms with E-state index in [4.69, 9.17) is 39.5 Å². The Labute approximate surface area is 217 Å². The third-order valence-electron chi connectivity index (χ3n) is 4.43. The van der Waals surface area contributed by atoms with Crippen LogP contribution in [-0.4, -0.2) is 10.8 Å². The van der Waals surface area contributed by atoms with Crippen molar-refractivity contribution < 1.29 is 14.5 Å². The second-order valence-electron chi connectivity index (χ2n) is 6.74. The lowest BCUT2D eigenvalue weighted by molar-refractivity contribution is -0.384. The molecule has 0 fully saturated rings. The molecule has 0 aliphatic rings. The van der Waals surface area contributed by atoms with Gasteiger partial charge in [-0.2, -0.15) is 5.26 Å². The normalized spacial score (nSPS) is 11.0. The predicted molar refractivity (Wildman–Crippen MR) is 135 cm³/mol. The van der Waals surface area contributed by atoms with Crippen LogP contribution in [0.2, 0.25) is 15.1 Å². The largest absolute Gasteiger partial charge is 0.486 e. The first-order valence-corrected chi connectivity index (χ1v) is 11.3. The summed E-state index contributed by atoms with van der Waals surface area (Å²) in [6, 6.07) is 16.0. The summed E-state index contributed by atoms with van der Waals surface area (Å²) in [5, 5.41) is 23.7. The molecule has 3 rings (SSSR count). The fraction of sp³-hybridized carbons (Fsp3) is 0.0435. The van der Waals surface area contributed by atoms with E-state index in [0.29, 0.717) is 20.8 Å². The van der Waals surface area contributed by atoms with E-state index in [1.165, 1.54) is 24.3 Å². The molecule has 0 aliphatic carbocycles. The first-order chi connectivity index (χ1) is 16.2. The quantitative estimate of drug-likeness (QED) is 0.135. The van der Waals surface area contributed by atoms with Crippen molar-refractivity contribution in [1.82, 2.24) is 0 Å². The smallest absolute Gasteiger partial charge is 0.289 e. The van der Waals surface area contributed by atoms with Crippen molar-refractivity contribution in [2.75, 3.05) is 5.32 Å². The van der Waals surface area contributed by atoms with Crippen molar-refractivity contribution in [2.45, 2.75) is 6.61 Å². The molecule has 1 N–H and O–H groups in total. The van der Waals surface area contributed by atoms with Gasteiger partial charge in [0.25, 0.3) is 11.6 Å². The highest BCUT2D eigenvalue weighted by atomic mass is 79.9. The molecule has 0 spiro atoms. The number of carbonyl (C=O) groups excluding carboxylic acids is 1. The van der Waals surface area contributed by atoms with Crippen molar-refractivity contribution in [3.8, 4) is 11.8 Å². The average Bonchev–Trinajstić information content (AvgIpc) is 2.79. The summed E-state index contributed by atoms with van der Waals surface area (Å²) in [7, 11) is 0. The maximum absolute atomic E-state index is 12.6. The number of amides is 1. The Balaban J connectivity index is 1.80. The minimum absolute atomic E-state index is 0.0737. The third-order valence-corrected chi connectivity index (χ3v) is 5.99. The van der Waals surface area contributed by atoms with Gasteiger partial charge in [-0.15, -0.1) is 0 Å². The molecular formula is C23H13BrCl3N3O4. The zero-order chi connectivity index (χ0) is 24.8. The molecule has 0 bridgehead atoms. The average molecular weight is 582 g/mol. The van der Waals surface area contributed by atoms with Crippen LogP contribution in [0.1, 0.15) is 11.1 Å². The topological polar surface area (TPSA) is 105 Å². The monoisotopic (exact) mass is 579 g/mol. The molecule has 0 saturated heterocycles. The minimum atomic E-state index is -0.759. The lowest BCUT2D eigenvalue weighted by Gasteiger charge is -2.12. The number of nitriles is 1. The van der Waals surface area contributed by atoms with Crippen LogP contribution in [0.25, 0.3) is 6.08 Å². The van der Waals surface area contributed by atoms with Crippen LogP contribution in [0.15, 0.2) is 64.6 Å². The molecule has 3 aromatic rings. The lowest BCUT2D eigenvalue weighted by Crippen LogP contribution is -2.13. The van der Waals surface area contributed by atoms with E-state index in [9.17, 15) is 20.2 Å². The van der Waals surface area contributed by atoms with E-state index in [0.717, 1.165) is 11.6 Å². The van der Waals surface area contributed by atoms with Gasteiger partial charge in [0.05, 0.1) is 14.4 Å². The van der Waals surface area contributed by atoms with Crippen LogP contribution < -0.4 is 10.1 Å². The fourth-order valence-electron chi connectivity index (χ4n) is 2.81. The van der Waals surface area contributed by atoms with E-state index < -0.39 is 10.8 Å². The summed E-state index contributed by atoms with van der Waals surface area (Å²) in [4.78, 5) is 22.9. The molecule has 0 radical (unpaired) electrons. The number of carbonyl (C=O) groups is 1. The molecule has 11 heteroatoms. The van der Waals surface area contributed by atoms with Crippen LogP contribution in [0.5, 0.6) is 5.75 Å². The standard InChI is InChI=1S/C23H13BrCl3N3O4/c24-17-8-13(9-20(27)22(17)34-12-14-3-1-2-4-18(14)25)7-15(11-28)23(31)29-16-5-6-19(26)21(10-16)30(32)33/h1-10H,12H2,(H,29,31)/b15-7+. The van der Waals surface area contributed by atoms with Crippen LogP contribution in [-0.2, 0) is 11.4 Å². The predicted octanol–water partition coefficient (Wildman–Crippen LogP) is 7.44. The van der Waals surface area contributed by atoms with E-state index in [-0.39, 0.29) is 33.6 Å². The first-order valence-electron chi connectivity index (χ1n) is 9.42. The number of ether oxygens (including phenoxy) is 1. The number of nitrogens with one attached hydrogen (secondary N) is 1. The second kappa shape index (κ2) is 11.4. The summed E-state index contributed by atoms with van der Waals surface area (Å²) in [6.07, 6.45) is 1.33. The molecule has 172 valence electrons. The molecule has 0 saturated carbocycles. The van der Waals surface area contributed by atoms with Gasteiger partial charge in [0, 0.05) is 22.3 Å². The summed E-state index contributed by atoms with van der Waals surface area (Å²) >= 11 is 21.7. The van der Waals surface area contributed by atoms with Gasteiger partial charge >= 0.3 is 0 Å². The van der Waals surface area contributed by atoms with Gasteiger partial charge in [-0.3, -0.25) is 14.9 Å². The Bertz CT molecular complexity index is 1330. The zero-order valence-corrected chi connectivity index (χ0v) is 20.9. The molecule has 3 aromatic carbocycles. The maximum Gasteiger partial charge on any atom is 0.289 e. The number of nitrogens with zero attached hydrogens (tertiary/aromatic N) is 2. The Kier molecular flexibility index (Phi) is 8.53. The van der Waals surface area contributed by atoms with Crippen molar-refractivity contribution in [1.29, 1.82) is 5.26 Å². The Hall–Kier alpha value is -3.09. The van der Waals surface area contributed by atoms with Gasteiger partial charge in [0.2, 0.25) is 0 Å². The number of rotatable bonds is 7. The highest BCUT2D eigenvalue weighted by molar-refractivity contribution is 9.10. The Morgan fingerprint density at radius 1 is 1.12 bits per heavy atom. The van der Waals surface area contributed by atoms with E-state index in [1.807, 2.05) is 24.3 Å². The van der Waals surface area contributed by atoms with Gasteiger partial charge in [-0.05, 0) is 57.9 Å². The summed E-state index contributed by atoms with van der Waals surface area (Å²) in [5.74, 6) is -0.388. The fourth-order valence-corrected chi connectivity index (χ4v) is 4.18. The Morgan fingerprint density at radius 3 is 2.50 bits per heavy atom. The SMILES string of the molecule is N#C/C(=C\c1cc(Cl)c(OCc2ccccc2Cl)c(Br)c1)C(=O)Nc1ccc(Cl)c([N+](=O)[O-])c1. The van der Waals surface area contributed by atoms with E-state index in [1.54, 1.807) is 12.1 Å². The van der Waals surface area contributed by atoms with Crippen molar-refractivity contribution >= 4 is 74.1 Å². The maximum atomic E-state index is 12.6. The van der Waals surface area contributed by atoms with Crippen molar-refractivity contribution in [3.63, 3.8) is 0 Å².